The van der Waals surface area contributed by atoms with E-state index in [0.29, 0.717) is 11.4 Å². The van der Waals surface area contributed by atoms with E-state index in [4.69, 9.17) is 10.5 Å². The van der Waals surface area contributed by atoms with Gasteiger partial charge in [-0.2, -0.15) is 11.3 Å². The van der Waals surface area contributed by atoms with Crippen molar-refractivity contribution < 1.29 is 9.13 Å². The van der Waals surface area contributed by atoms with Crippen LogP contribution in [0.5, 0.6) is 5.75 Å². The van der Waals surface area contributed by atoms with E-state index in [9.17, 15) is 4.39 Å². The highest BCUT2D eigenvalue weighted by Crippen LogP contribution is 2.29. The molecule has 114 valence electrons. The minimum atomic E-state index is -0.433. The summed E-state index contributed by atoms with van der Waals surface area (Å²) in [6.45, 7) is 5.80. The van der Waals surface area contributed by atoms with E-state index < -0.39 is 5.82 Å². The van der Waals surface area contributed by atoms with Crippen LogP contribution in [-0.4, -0.2) is 12.1 Å². The SMILES string of the molecule is CC(Cc1ccsc1)Nc1cc(OC(C)C)c(F)cc1N. The molecule has 1 heterocycles. The van der Waals surface area contributed by atoms with Gasteiger partial charge in [0.1, 0.15) is 0 Å². The number of nitrogen functional groups attached to an aromatic ring is 1. The van der Waals surface area contributed by atoms with Crippen molar-refractivity contribution in [2.45, 2.75) is 39.3 Å². The van der Waals surface area contributed by atoms with Gasteiger partial charge in [0, 0.05) is 18.2 Å². The van der Waals surface area contributed by atoms with Crippen molar-refractivity contribution in [3.05, 3.63) is 40.3 Å². The maximum absolute atomic E-state index is 13.8. The van der Waals surface area contributed by atoms with Gasteiger partial charge in [0.15, 0.2) is 11.6 Å². The van der Waals surface area contributed by atoms with Crippen LogP contribution in [0.15, 0.2) is 29.0 Å². The zero-order valence-corrected chi connectivity index (χ0v) is 13.3. The van der Waals surface area contributed by atoms with Crippen LogP contribution in [0.1, 0.15) is 26.3 Å². The molecule has 0 saturated carbocycles. The summed E-state index contributed by atoms with van der Waals surface area (Å²) in [5, 5.41) is 7.51. The standard InChI is InChI=1S/C16H21FN2OS/c1-10(2)20-16-8-15(14(18)7-13(16)17)19-11(3)6-12-4-5-21-9-12/h4-5,7-11,19H,6,18H2,1-3H3. The van der Waals surface area contributed by atoms with Crippen LogP contribution in [0, 0.1) is 5.82 Å². The molecule has 0 fully saturated rings. The third-order valence-corrected chi connectivity index (χ3v) is 3.72. The summed E-state index contributed by atoms with van der Waals surface area (Å²) in [5.41, 5.74) is 8.26. The molecule has 0 spiro atoms. The number of hydrogen-bond donors (Lipinski definition) is 2. The number of benzene rings is 1. The number of nitrogens with two attached hydrogens (primary N) is 1. The van der Waals surface area contributed by atoms with Crippen LogP contribution < -0.4 is 15.8 Å². The average Bonchev–Trinajstić information content (AvgIpc) is 2.87. The second kappa shape index (κ2) is 6.80. The first kappa shape index (κ1) is 15.6. The Morgan fingerprint density at radius 2 is 2.10 bits per heavy atom. The molecular formula is C16H21FN2OS. The van der Waals surface area contributed by atoms with Gasteiger partial charge in [-0.15, -0.1) is 0 Å². The monoisotopic (exact) mass is 308 g/mol. The van der Waals surface area contributed by atoms with Gasteiger partial charge in [0.25, 0.3) is 0 Å². The summed E-state index contributed by atoms with van der Waals surface area (Å²) in [5.74, 6) is -0.207. The normalized spacial score (nSPS) is 12.4. The summed E-state index contributed by atoms with van der Waals surface area (Å²) < 4.78 is 19.3. The Labute approximate surface area is 128 Å². The van der Waals surface area contributed by atoms with Crippen molar-refractivity contribution in [2.24, 2.45) is 0 Å². The van der Waals surface area contributed by atoms with Crippen molar-refractivity contribution in [3.63, 3.8) is 0 Å². The van der Waals surface area contributed by atoms with Crippen molar-refractivity contribution in [2.75, 3.05) is 11.1 Å². The van der Waals surface area contributed by atoms with Gasteiger partial charge in [-0.05, 0) is 49.6 Å². The molecule has 3 N–H and O–H groups in total. The molecule has 0 amide bonds. The quantitative estimate of drug-likeness (QED) is 0.782. The summed E-state index contributed by atoms with van der Waals surface area (Å²) in [4.78, 5) is 0. The molecule has 0 saturated heterocycles. The van der Waals surface area contributed by atoms with Crippen LogP contribution >= 0.6 is 11.3 Å². The van der Waals surface area contributed by atoms with E-state index in [0.717, 1.165) is 6.42 Å². The van der Waals surface area contributed by atoms with Crippen molar-refractivity contribution in [1.82, 2.24) is 0 Å². The summed E-state index contributed by atoms with van der Waals surface area (Å²) >= 11 is 1.68. The number of halogens is 1. The van der Waals surface area contributed by atoms with Crippen LogP contribution in [0.4, 0.5) is 15.8 Å². The molecule has 1 atom stereocenters. The van der Waals surface area contributed by atoms with Gasteiger partial charge in [0.2, 0.25) is 0 Å². The molecule has 0 bridgehead atoms. The predicted molar refractivity (Wildman–Crippen MR) is 87.7 cm³/mol. The number of anilines is 2. The van der Waals surface area contributed by atoms with Gasteiger partial charge < -0.3 is 15.8 Å². The van der Waals surface area contributed by atoms with Crippen LogP contribution in [0.2, 0.25) is 0 Å². The van der Waals surface area contributed by atoms with Gasteiger partial charge in [-0.25, -0.2) is 4.39 Å². The average molecular weight is 308 g/mol. The second-order valence-electron chi connectivity index (χ2n) is 5.42. The number of hydrogen-bond acceptors (Lipinski definition) is 4. The van der Waals surface area contributed by atoms with E-state index in [1.54, 1.807) is 17.4 Å². The van der Waals surface area contributed by atoms with Crippen LogP contribution in [0.25, 0.3) is 0 Å². The molecule has 0 aliphatic rings. The van der Waals surface area contributed by atoms with Gasteiger partial charge in [0.05, 0.1) is 17.5 Å². The fourth-order valence-corrected chi connectivity index (χ4v) is 2.80. The van der Waals surface area contributed by atoms with Crippen molar-refractivity contribution in [1.29, 1.82) is 0 Å². The Hall–Kier alpha value is -1.75. The maximum atomic E-state index is 13.8. The molecule has 0 radical (unpaired) electrons. The Balaban J connectivity index is 2.11. The number of thiophene rings is 1. The van der Waals surface area contributed by atoms with Crippen molar-refractivity contribution in [3.8, 4) is 5.75 Å². The largest absolute Gasteiger partial charge is 0.488 e. The Morgan fingerprint density at radius 1 is 1.33 bits per heavy atom. The third kappa shape index (κ3) is 4.36. The molecule has 5 heteroatoms. The molecular weight excluding hydrogens is 287 g/mol. The Bertz CT molecular complexity index is 584. The Morgan fingerprint density at radius 3 is 2.71 bits per heavy atom. The molecule has 0 aliphatic carbocycles. The third-order valence-electron chi connectivity index (χ3n) is 2.99. The zero-order chi connectivity index (χ0) is 15.4. The number of rotatable bonds is 6. The maximum Gasteiger partial charge on any atom is 0.167 e. The highest BCUT2D eigenvalue weighted by molar-refractivity contribution is 7.07. The van der Waals surface area contributed by atoms with E-state index >= 15 is 0 Å². The molecule has 21 heavy (non-hydrogen) atoms. The van der Waals surface area contributed by atoms with E-state index in [-0.39, 0.29) is 17.9 Å². The summed E-state index contributed by atoms with van der Waals surface area (Å²) in [7, 11) is 0. The summed E-state index contributed by atoms with van der Waals surface area (Å²) in [6, 6.07) is 5.23. The summed E-state index contributed by atoms with van der Waals surface area (Å²) in [6.07, 6.45) is 0.806. The van der Waals surface area contributed by atoms with Crippen molar-refractivity contribution >= 4 is 22.7 Å². The minimum absolute atomic E-state index is 0.0841. The van der Waals surface area contributed by atoms with Gasteiger partial charge >= 0.3 is 0 Å². The molecule has 2 aromatic rings. The molecule has 3 nitrogen and oxygen atoms in total. The van der Waals surface area contributed by atoms with E-state index in [1.807, 2.05) is 13.8 Å². The molecule has 0 aliphatic heterocycles. The lowest BCUT2D eigenvalue weighted by Crippen LogP contribution is -2.19. The van der Waals surface area contributed by atoms with Gasteiger partial charge in [-0.3, -0.25) is 0 Å². The first-order valence-electron chi connectivity index (χ1n) is 6.99. The van der Waals surface area contributed by atoms with Gasteiger partial charge in [-0.1, -0.05) is 0 Å². The highest BCUT2D eigenvalue weighted by Gasteiger charge is 2.12. The van der Waals surface area contributed by atoms with Crippen LogP contribution in [0.3, 0.4) is 0 Å². The molecule has 1 aromatic heterocycles. The highest BCUT2D eigenvalue weighted by atomic mass is 32.1. The fourth-order valence-electron chi connectivity index (χ4n) is 2.12. The first-order valence-corrected chi connectivity index (χ1v) is 7.93. The molecule has 1 unspecified atom stereocenters. The molecule has 1 aromatic carbocycles. The second-order valence-corrected chi connectivity index (χ2v) is 6.20. The number of ether oxygens (including phenoxy) is 1. The minimum Gasteiger partial charge on any atom is -0.488 e. The molecule has 2 rings (SSSR count). The fraction of sp³-hybridized carbons (Fsp3) is 0.375. The smallest absolute Gasteiger partial charge is 0.167 e. The zero-order valence-electron chi connectivity index (χ0n) is 12.5. The lowest BCUT2D eigenvalue weighted by atomic mass is 10.1. The van der Waals surface area contributed by atoms with E-state index in [2.05, 4.69) is 29.1 Å². The topological polar surface area (TPSA) is 47.3 Å². The van der Waals surface area contributed by atoms with E-state index in [1.165, 1.54) is 11.6 Å². The number of nitrogens with one attached hydrogen (secondary N) is 1. The van der Waals surface area contributed by atoms with Crippen LogP contribution in [-0.2, 0) is 6.42 Å². The first-order chi connectivity index (χ1) is 9.95. The predicted octanol–water partition coefficient (Wildman–Crippen LogP) is 4.30. The Kier molecular flexibility index (Phi) is 5.07. The lowest BCUT2D eigenvalue weighted by molar-refractivity contribution is 0.231. The lowest BCUT2D eigenvalue weighted by Gasteiger charge is -2.18.